The van der Waals surface area contributed by atoms with Crippen molar-refractivity contribution in [2.75, 3.05) is 32.2 Å². The molecule has 36 heavy (non-hydrogen) atoms. The van der Waals surface area contributed by atoms with Gasteiger partial charge in [0.15, 0.2) is 0 Å². The lowest BCUT2D eigenvalue weighted by atomic mass is 9.98. The maximum atomic E-state index is 13.6. The van der Waals surface area contributed by atoms with Gasteiger partial charge in [0, 0.05) is 12.2 Å². The molecule has 10 heteroatoms. The highest BCUT2D eigenvalue weighted by Crippen LogP contribution is 2.27. The quantitative estimate of drug-likeness (QED) is 0.392. The summed E-state index contributed by atoms with van der Waals surface area (Å²) in [5.74, 6) is -0.680. The molecule has 0 spiro atoms. The third-order valence-electron chi connectivity index (χ3n) is 5.20. The Balaban J connectivity index is 2.43. The largest absolute Gasteiger partial charge is 0.497 e. The summed E-state index contributed by atoms with van der Waals surface area (Å²) in [5.41, 5.74) is 0.921. The number of nitrogens with zero attached hydrogens (tertiary/aromatic N) is 1. The number of alkyl carbamates (subject to hydrolysis) is 1. The highest BCUT2D eigenvalue weighted by molar-refractivity contribution is 5.99. The van der Waals surface area contributed by atoms with E-state index in [1.807, 2.05) is 0 Å². The van der Waals surface area contributed by atoms with E-state index in [0.29, 0.717) is 17.0 Å². The summed E-state index contributed by atoms with van der Waals surface area (Å²) in [6.07, 6.45) is -0.894. The molecule has 0 aromatic heterocycles. The van der Waals surface area contributed by atoms with Gasteiger partial charge in [-0.25, -0.2) is 4.79 Å². The Labute approximate surface area is 211 Å². The van der Waals surface area contributed by atoms with E-state index in [9.17, 15) is 24.6 Å². The van der Waals surface area contributed by atoms with Crippen LogP contribution < -0.4 is 15.4 Å². The molecule has 2 rings (SSSR count). The van der Waals surface area contributed by atoms with E-state index in [0.717, 1.165) is 10.5 Å². The highest BCUT2D eigenvalue weighted by Gasteiger charge is 2.36. The topological polar surface area (TPSA) is 137 Å². The molecule has 3 amide bonds. The first-order valence-electron chi connectivity index (χ1n) is 11.5. The SMILES string of the molecule is COc1ccc(NC(=O)C(c2ccccc2C)N(CCO)C(=O)C(CO)NC(=O)OC(C)(C)C)cc1. The second kappa shape index (κ2) is 12.9. The Kier molecular flexibility index (Phi) is 10.2. The minimum Gasteiger partial charge on any atom is -0.497 e. The summed E-state index contributed by atoms with van der Waals surface area (Å²) in [7, 11) is 1.53. The Morgan fingerprint density at radius 3 is 2.19 bits per heavy atom. The number of benzene rings is 2. The van der Waals surface area contributed by atoms with Crippen LogP contribution in [0.25, 0.3) is 0 Å². The van der Waals surface area contributed by atoms with E-state index in [2.05, 4.69) is 10.6 Å². The molecule has 4 N–H and O–H groups in total. The highest BCUT2D eigenvalue weighted by atomic mass is 16.6. The standard InChI is InChI=1S/C26H35N3O7/c1-17-8-6-7-9-20(17)22(23(32)27-18-10-12-19(35-5)13-11-18)29(14-15-30)24(33)21(16-31)28-25(34)36-26(2,3)4/h6-13,21-22,30-31H,14-16H2,1-5H3,(H,27,32)(H,28,34). The summed E-state index contributed by atoms with van der Waals surface area (Å²) in [5, 5.41) is 24.8. The second-order valence-electron chi connectivity index (χ2n) is 9.11. The van der Waals surface area contributed by atoms with Crippen LogP contribution in [0.5, 0.6) is 5.75 Å². The van der Waals surface area contributed by atoms with Crippen LogP contribution in [0.2, 0.25) is 0 Å². The third-order valence-corrected chi connectivity index (χ3v) is 5.20. The van der Waals surface area contributed by atoms with Gasteiger partial charge < -0.3 is 35.2 Å². The van der Waals surface area contributed by atoms with Crippen molar-refractivity contribution in [2.45, 2.75) is 45.4 Å². The molecule has 0 bridgehead atoms. The zero-order valence-electron chi connectivity index (χ0n) is 21.3. The van der Waals surface area contributed by atoms with Gasteiger partial charge in [0.2, 0.25) is 5.91 Å². The van der Waals surface area contributed by atoms with E-state index >= 15 is 0 Å². The molecule has 0 aliphatic carbocycles. The van der Waals surface area contributed by atoms with Crippen LogP contribution in [0, 0.1) is 6.92 Å². The molecule has 0 saturated heterocycles. The van der Waals surface area contributed by atoms with E-state index < -0.39 is 48.8 Å². The number of hydrogen-bond donors (Lipinski definition) is 4. The van der Waals surface area contributed by atoms with Crippen molar-refractivity contribution < 1.29 is 34.1 Å². The van der Waals surface area contributed by atoms with Crippen LogP contribution in [-0.2, 0) is 14.3 Å². The molecule has 10 nitrogen and oxygen atoms in total. The van der Waals surface area contributed by atoms with Gasteiger partial charge in [0.1, 0.15) is 23.4 Å². The maximum absolute atomic E-state index is 13.6. The second-order valence-corrected chi connectivity index (χ2v) is 9.11. The monoisotopic (exact) mass is 501 g/mol. The lowest BCUT2D eigenvalue weighted by Crippen LogP contribution is -2.54. The van der Waals surface area contributed by atoms with Crippen LogP contribution in [-0.4, -0.2) is 71.5 Å². The zero-order chi connectivity index (χ0) is 26.9. The molecule has 0 aliphatic rings. The van der Waals surface area contributed by atoms with Crippen LogP contribution in [0.1, 0.15) is 37.9 Å². The number of anilines is 1. The predicted molar refractivity (Wildman–Crippen MR) is 135 cm³/mol. The molecule has 2 atom stereocenters. The number of aryl methyl sites for hydroxylation is 1. The molecule has 2 unspecified atom stereocenters. The smallest absolute Gasteiger partial charge is 0.408 e. The van der Waals surface area contributed by atoms with Gasteiger partial charge in [-0.05, 0) is 63.1 Å². The number of methoxy groups -OCH3 is 1. The number of nitrogens with one attached hydrogen (secondary N) is 2. The number of hydrogen-bond acceptors (Lipinski definition) is 7. The number of aliphatic hydroxyl groups is 2. The van der Waals surface area contributed by atoms with Crippen LogP contribution in [0.3, 0.4) is 0 Å². The van der Waals surface area contributed by atoms with Crippen molar-refractivity contribution in [2.24, 2.45) is 0 Å². The lowest BCUT2D eigenvalue weighted by molar-refractivity contribution is -0.142. The normalized spacial score (nSPS) is 12.8. The molecule has 2 aromatic carbocycles. The van der Waals surface area contributed by atoms with Crippen LogP contribution >= 0.6 is 0 Å². The molecule has 2 aromatic rings. The van der Waals surface area contributed by atoms with Gasteiger partial charge >= 0.3 is 6.09 Å². The summed E-state index contributed by atoms with van der Waals surface area (Å²) in [4.78, 5) is 40.5. The Morgan fingerprint density at radius 2 is 1.67 bits per heavy atom. The summed E-state index contributed by atoms with van der Waals surface area (Å²) in [6, 6.07) is 11.2. The molecule has 0 radical (unpaired) electrons. The Hall–Kier alpha value is -3.63. The summed E-state index contributed by atoms with van der Waals surface area (Å²) in [6.45, 7) is 5.39. The minimum atomic E-state index is -1.40. The number of carbonyl (C=O) groups excluding carboxylic acids is 3. The first-order chi connectivity index (χ1) is 17.0. The molecule has 0 saturated carbocycles. The molecule has 0 heterocycles. The fourth-order valence-corrected chi connectivity index (χ4v) is 3.54. The molecular weight excluding hydrogens is 466 g/mol. The van der Waals surface area contributed by atoms with Gasteiger partial charge in [-0.1, -0.05) is 24.3 Å². The van der Waals surface area contributed by atoms with Gasteiger partial charge in [0.25, 0.3) is 5.91 Å². The average molecular weight is 502 g/mol. The minimum absolute atomic E-state index is 0.222. The Morgan fingerprint density at radius 1 is 1.03 bits per heavy atom. The van der Waals surface area contributed by atoms with Crippen LogP contribution in [0.4, 0.5) is 10.5 Å². The van der Waals surface area contributed by atoms with Crippen molar-refractivity contribution in [3.63, 3.8) is 0 Å². The first kappa shape index (κ1) is 28.6. The maximum Gasteiger partial charge on any atom is 0.408 e. The number of carbonyl (C=O) groups is 3. The number of aliphatic hydroxyl groups excluding tert-OH is 2. The van der Waals surface area contributed by atoms with Gasteiger partial charge in [-0.15, -0.1) is 0 Å². The van der Waals surface area contributed by atoms with Crippen molar-refractivity contribution in [1.29, 1.82) is 0 Å². The lowest BCUT2D eigenvalue weighted by Gasteiger charge is -2.34. The third kappa shape index (κ3) is 7.96. The Bertz CT molecular complexity index is 1030. The number of amides is 3. The van der Waals surface area contributed by atoms with Gasteiger partial charge in [-0.3, -0.25) is 9.59 Å². The van der Waals surface area contributed by atoms with Crippen molar-refractivity contribution in [3.8, 4) is 5.75 Å². The van der Waals surface area contributed by atoms with E-state index in [1.54, 1.807) is 76.2 Å². The predicted octanol–water partition coefficient (Wildman–Crippen LogP) is 2.39. The first-order valence-corrected chi connectivity index (χ1v) is 11.5. The number of rotatable bonds is 10. The fraction of sp³-hybridized carbons (Fsp3) is 0.423. The average Bonchev–Trinajstić information content (AvgIpc) is 2.82. The number of ether oxygens (including phenoxy) is 2. The van der Waals surface area contributed by atoms with E-state index in [1.165, 1.54) is 7.11 Å². The van der Waals surface area contributed by atoms with E-state index in [4.69, 9.17) is 9.47 Å². The van der Waals surface area contributed by atoms with Crippen molar-refractivity contribution in [1.82, 2.24) is 10.2 Å². The molecule has 196 valence electrons. The van der Waals surface area contributed by atoms with Gasteiger partial charge in [0.05, 0.1) is 20.3 Å². The van der Waals surface area contributed by atoms with Gasteiger partial charge in [-0.2, -0.15) is 0 Å². The zero-order valence-corrected chi connectivity index (χ0v) is 21.3. The van der Waals surface area contributed by atoms with Crippen LogP contribution in [0.15, 0.2) is 48.5 Å². The molecular formula is C26H35N3O7. The van der Waals surface area contributed by atoms with E-state index in [-0.39, 0.29) is 6.54 Å². The van der Waals surface area contributed by atoms with Crippen molar-refractivity contribution in [3.05, 3.63) is 59.7 Å². The van der Waals surface area contributed by atoms with Crippen molar-refractivity contribution >= 4 is 23.6 Å². The molecule has 0 fully saturated rings. The fourth-order valence-electron chi connectivity index (χ4n) is 3.54. The summed E-state index contributed by atoms with van der Waals surface area (Å²) >= 11 is 0. The summed E-state index contributed by atoms with van der Waals surface area (Å²) < 4.78 is 10.3. The molecule has 0 aliphatic heterocycles.